The summed E-state index contributed by atoms with van der Waals surface area (Å²) in [5, 5.41) is 12.1. The van der Waals surface area contributed by atoms with Gasteiger partial charge in [-0.15, -0.1) is 0 Å². The van der Waals surface area contributed by atoms with Gasteiger partial charge in [-0.3, -0.25) is 9.59 Å². The smallest absolute Gasteiger partial charge is 0.272 e. The number of nitrogens with zero attached hydrogens (tertiary/aromatic N) is 1. The number of aromatic nitrogens is 2. The Morgan fingerprint density at radius 2 is 1.73 bits per heavy atom. The zero-order valence-corrected chi connectivity index (χ0v) is 16.9. The number of carbonyl (C=O) groups excluding carboxylic acids is 1. The molecule has 5 nitrogen and oxygen atoms in total. The molecule has 1 atom stereocenters. The molecule has 2 saturated carbocycles. The molecule has 30 heavy (non-hydrogen) atoms. The van der Waals surface area contributed by atoms with Gasteiger partial charge in [0.25, 0.3) is 5.56 Å². The number of nitrogens with one attached hydrogen (secondary N) is 2. The second-order valence-electron chi connectivity index (χ2n) is 9.49. The number of amides is 1. The minimum atomic E-state index is -0.122. The van der Waals surface area contributed by atoms with Gasteiger partial charge in [-0.2, -0.15) is 5.10 Å². The van der Waals surface area contributed by atoms with Crippen molar-refractivity contribution in [2.45, 2.75) is 56.4 Å². The molecule has 2 fully saturated rings. The maximum Gasteiger partial charge on any atom is 0.272 e. The second-order valence-corrected chi connectivity index (χ2v) is 9.49. The molecule has 1 amide bonds. The van der Waals surface area contributed by atoms with Gasteiger partial charge >= 0.3 is 0 Å². The fraction of sp³-hybridized carbons (Fsp3) is 0.400. The highest BCUT2D eigenvalue weighted by atomic mass is 16.2. The summed E-state index contributed by atoms with van der Waals surface area (Å²) in [4.78, 5) is 24.9. The van der Waals surface area contributed by atoms with Crippen molar-refractivity contribution >= 4 is 16.7 Å². The second kappa shape index (κ2) is 6.53. The minimum Gasteiger partial charge on any atom is -0.353 e. The molecule has 1 spiro atoms. The fourth-order valence-electron chi connectivity index (χ4n) is 6.18. The summed E-state index contributed by atoms with van der Waals surface area (Å²) in [5.74, 6) is 0.609. The number of aryl methyl sites for hydroxylation is 1. The van der Waals surface area contributed by atoms with Crippen LogP contribution < -0.4 is 10.9 Å². The highest BCUT2D eigenvalue weighted by Gasteiger charge is 2.54. The van der Waals surface area contributed by atoms with Crippen molar-refractivity contribution < 1.29 is 4.79 Å². The summed E-state index contributed by atoms with van der Waals surface area (Å²) in [7, 11) is 0. The van der Waals surface area contributed by atoms with E-state index in [0.717, 1.165) is 55.0 Å². The number of H-pyrrole nitrogens is 1. The lowest BCUT2D eigenvalue weighted by atomic mass is 9.49. The van der Waals surface area contributed by atoms with Gasteiger partial charge in [0.05, 0.1) is 17.0 Å². The molecule has 3 aliphatic carbocycles. The molecular weight excluding hydrogens is 374 g/mol. The van der Waals surface area contributed by atoms with Gasteiger partial charge in [0.15, 0.2) is 0 Å². The van der Waals surface area contributed by atoms with Crippen LogP contribution in [-0.4, -0.2) is 22.1 Å². The first kappa shape index (κ1) is 17.9. The molecule has 3 aromatic rings. The number of rotatable bonds is 3. The van der Waals surface area contributed by atoms with Crippen LogP contribution in [0.15, 0.2) is 53.3 Å². The molecule has 3 aliphatic rings. The first-order chi connectivity index (χ1) is 14.6. The summed E-state index contributed by atoms with van der Waals surface area (Å²) in [6.07, 6.45) is 6.24. The first-order valence-electron chi connectivity index (χ1n) is 11.0. The van der Waals surface area contributed by atoms with Crippen molar-refractivity contribution in [1.82, 2.24) is 15.5 Å². The summed E-state index contributed by atoms with van der Waals surface area (Å²) in [6.45, 7) is 0. The maximum atomic E-state index is 12.8. The standard InChI is InChI=1S/C25H25N3O2/c29-23(21-10-9-15-5-1-2-6-18(15)21)26-17-13-25(14-17)11-16(12-25)22-19-7-3-4-8-20(19)24(30)28-27-22/h1-8,16-17,21H,9-14H2,(H,26,29)(H,28,30). The molecule has 0 aliphatic heterocycles. The molecule has 0 saturated heterocycles. The van der Waals surface area contributed by atoms with Crippen LogP contribution in [0.3, 0.4) is 0 Å². The molecular formula is C25H25N3O2. The van der Waals surface area contributed by atoms with Gasteiger partial charge in [0.1, 0.15) is 0 Å². The van der Waals surface area contributed by atoms with Crippen LogP contribution in [0.25, 0.3) is 10.8 Å². The number of fused-ring (bicyclic) bond motifs is 2. The van der Waals surface area contributed by atoms with E-state index in [1.165, 1.54) is 11.1 Å². The lowest BCUT2D eigenvalue weighted by Crippen LogP contribution is -2.56. The third-order valence-corrected chi connectivity index (χ3v) is 7.63. The summed E-state index contributed by atoms with van der Waals surface area (Å²) in [5.41, 5.74) is 3.78. The summed E-state index contributed by atoms with van der Waals surface area (Å²) in [6, 6.07) is 16.4. The van der Waals surface area contributed by atoms with E-state index in [1.807, 2.05) is 30.3 Å². The van der Waals surface area contributed by atoms with Crippen molar-refractivity contribution in [3.8, 4) is 0 Å². The highest BCUT2D eigenvalue weighted by molar-refractivity contribution is 5.85. The van der Waals surface area contributed by atoms with Crippen molar-refractivity contribution in [1.29, 1.82) is 0 Å². The van der Waals surface area contributed by atoms with Crippen molar-refractivity contribution in [3.05, 3.63) is 75.7 Å². The van der Waals surface area contributed by atoms with E-state index in [4.69, 9.17) is 0 Å². The Morgan fingerprint density at radius 3 is 2.57 bits per heavy atom. The lowest BCUT2D eigenvalue weighted by molar-refractivity contribution is -0.126. The van der Waals surface area contributed by atoms with E-state index in [2.05, 4.69) is 33.7 Å². The Hall–Kier alpha value is -2.95. The maximum absolute atomic E-state index is 12.8. The number of aromatic amines is 1. The van der Waals surface area contributed by atoms with E-state index >= 15 is 0 Å². The van der Waals surface area contributed by atoms with Crippen LogP contribution in [0.5, 0.6) is 0 Å². The molecule has 2 N–H and O–H groups in total. The van der Waals surface area contributed by atoms with Gasteiger partial charge < -0.3 is 5.32 Å². The van der Waals surface area contributed by atoms with Crippen LogP contribution in [0.4, 0.5) is 0 Å². The van der Waals surface area contributed by atoms with Gasteiger partial charge in [0.2, 0.25) is 5.91 Å². The molecule has 1 aromatic heterocycles. The minimum absolute atomic E-state index is 0.0172. The van der Waals surface area contributed by atoms with Crippen molar-refractivity contribution in [2.75, 3.05) is 0 Å². The molecule has 0 bridgehead atoms. The van der Waals surface area contributed by atoms with Crippen LogP contribution in [0.2, 0.25) is 0 Å². The molecule has 6 rings (SSSR count). The molecule has 1 heterocycles. The monoisotopic (exact) mass is 399 g/mol. The van der Waals surface area contributed by atoms with Crippen LogP contribution >= 0.6 is 0 Å². The first-order valence-corrected chi connectivity index (χ1v) is 11.0. The fourth-order valence-corrected chi connectivity index (χ4v) is 6.18. The molecule has 1 unspecified atom stereocenters. The highest BCUT2D eigenvalue weighted by Crippen LogP contribution is 2.62. The SMILES string of the molecule is O=C(NC1CC2(C1)CC(c1n[nH]c(=O)c3ccccc13)C2)C1CCc2ccccc21. The normalized spacial score (nSPS) is 29.3. The van der Waals surface area contributed by atoms with Gasteiger partial charge in [-0.05, 0) is 61.1 Å². The van der Waals surface area contributed by atoms with Crippen molar-refractivity contribution in [2.24, 2.45) is 5.41 Å². The zero-order chi connectivity index (χ0) is 20.3. The largest absolute Gasteiger partial charge is 0.353 e. The third kappa shape index (κ3) is 2.72. The van der Waals surface area contributed by atoms with E-state index in [-0.39, 0.29) is 17.4 Å². The molecule has 2 aromatic carbocycles. The topological polar surface area (TPSA) is 74.8 Å². The van der Waals surface area contributed by atoms with Gasteiger partial charge in [-0.1, -0.05) is 42.5 Å². The molecule has 5 heteroatoms. The Labute approximate surface area is 174 Å². The zero-order valence-electron chi connectivity index (χ0n) is 16.9. The van der Waals surface area contributed by atoms with E-state index in [0.29, 0.717) is 17.4 Å². The molecule has 0 radical (unpaired) electrons. The van der Waals surface area contributed by atoms with Crippen LogP contribution in [0, 0.1) is 5.41 Å². The van der Waals surface area contributed by atoms with Crippen LogP contribution in [-0.2, 0) is 11.2 Å². The van der Waals surface area contributed by atoms with Crippen LogP contribution in [0.1, 0.15) is 60.8 Å². The molecule has 152 valence electrons. The summed E-state index contributed by atoms with van der Waals surface area (Å²) < 4.78 is 0. The van der Waals surface area contributed by atoms with E-state index < -0.39 is 0 Å². The average molecular weight is 399 g/mol. The lowest BCUT2D eigenvalue weighted by Gasteiger charge is -2.57. The van der Waals surface area contributed by atoms with Crippen molar-refractivity contribution in [3.63, 3.8) is 0 Å². The summed E-state index contributed by atoms with van der Waals surface area (Å²) >= 11 is 0. The third-order valence-electron chi connectivity index (χ3n) is 7.63. The van der Waals surface area contributed by atoms with E-state index in [1.54, 1.807) is 0 Å². The number of carbonyl (C=O) groups is 1. The van der Waals surface area contributed by atoms with Gasteiger partial charge in [0, 0.05) is 17.3 Å². The Morgan fingerprint density at radius 1 is 1.00 bits per heavy atom. The number of hydrogen-bond acceptors (Lipinski definition) is 3. The van der Waals surface area contributed by atoms with E-state index in [9.17, 15) is 9.59 Å². The Balaban J connectivity index is 1.09. The number of benzene rings is 2. The predicted molar refractivity (Wildman–Crippen MR) is 115 cm³/mol. The number of hydrogen-bond donors (Lipinski definition) is 2. The predicted octanol–water partition coefficient (Wildman–Crippen LogP) is 3.80. The van der Waals surface area contributed by atoms with Gasteiger partial charge in [-0.25, -0.2) is 5.10 Å². The average Bonchev–Trinajstić information content (AvgIpc) is 3.14. The Bertz CT molecular complexity index is 1200. The Kier molecular flexibility index (Phi) is 3.89. The quantitative estimate of drug-likeness (QED) is 0.704.